The summed E-state index contributed by atoms with van der Waals surface area (Å²) in [5, 5.41) is 14.1. The summed E-state index contributed by atoms with van der Waals surface area (Å²) in [5.41, 5.74) is 1.91. The Balaban J connectivity index is 2.23. The number of likely N-dealkylation sites (N-methyl/N-ethyl adjacent to an activating group) is 1. The fourth-order valence-electron chi connectivity index (χ4n) is 2.53. The molecule has 2 aromatic rings. The van der Waals surface area contributed by atoms with Crippen molar-refractivity contribution >= 4 is 23.2 Å². The van der Waals surface area contributed by atoms with Gasteiger partial charge in [-0.1, -0.05) is 55.8 Å². The number of carbonyl (C=O) groups is 1. The van der Waals surface area contributed by atoms with Gasteiger partial charge in [0.25, 0.3) is 0 Å². The van der Waals surface area contributed by atoms with E-state index in [-0.39, 0.29) is 5.91 Å². The lowest BCUT2D eigenvalue weighted by atomic mass is 10.00. The van der Waals surface area contributed by atoms with E-state index in [9.17, 15) is 9.90 Å². The van der Waals surface area contributed by atoms with Crippen LogP contribution in [0.5, 0.6) is 0 Å². The SMILES string of the molecule is CCN(CC)CC(=O)Nc1ccc(Cl)cc1[C@@H](O)c1ccccc1. The Morgan fingerprint density at radius 3 is 2.46 bits per heavy atom. The van der Waals surface area contributed by atoms with Crippen LogP contribution in [0.1, 0.15) is 31.1 Å². The van der Waals surface area contributed by atoms with Crippen molar-refractivity contribution in [3.05, 3.63) is 64.7 Å². The Morgan fingerprint density at radius 1 is 1.17 bits per heavy atom. The average molecular weight is 347 g/mol. The third-order valence-corrected chi connectivity index (χ3v) is 4.19. The Hall–Kier alpha value is -1.88. The van der Waals surface area contributed by atoms with Gasteiger partial charge in [-0.05, 0) is 36.9 Å². The summed E-state index contributed by atoms with van der Waals surface area (Å²) in [4.78, 5) is 14.3. The maximum atomic E-state index is 12.3. The molecule has 0 aliphatic carbocycles. The summed E-state index contributed by atoms with van der Waals surface area (Å²) in [5.74, 6) is -0.109. The first-order chi connectivity index (χ1) is 11.5. The summed E-state index contributed by atoms with van der Waals surface area (Å²) >= 11 is 6.08. The van der Waals surface area contributed by atoms with Gasteiger partial charge in [-0.2, -0.15) is 0 Å². The number of hydrogen-bond acceptors (Lipinski definition) is 3. The van der Waals surface area contributed by atoms with Gasteiger partial charge in [0.1, 0.15) is 6.10 Å². The highest BCUT2D eigenvalue weighted by Crippen LogP contribution is 2.30. The lowest BCUT2D eigenvalue weighted by molar-refractivity contribution is -0.117. The summed E-state index contributed by atoms with van der Waals surface area (Å²) in [6.07, 6.45) is -0.853. The van der Waals surface area contributed by atoms with E-state index in [1.165, 1.54) is 0 Å². The summed E-state index contributed by atoms with van der Waals surface area (Å²) < 4.78 is 0. The van der Waals surface area contributed by atoms with E-state index < -0.39 is 6.10 Å². The van der Waals surface area contributed by atoms with Crippen LogP contribution in [0.15, 0.2) is 48.5 Å². The number of nitrogens with zero attached hydrogens (tertiary/aromatic N) is 1. The number of halogens is 1. The molecular weight excluding hydrogens is 324 g/mol. The van der Waals surface area contributed by atoms with Gasteiger partial charge in [0.05, 0.1) is 6.54 Å². The quantitative estimate of drug-likeness (QED) is 0.803. The predicted molar refractivity (Wildman–Crippen MR) is 98.4 cm³/mol. The number of anilines is 1. The smallest absolute Gasteiger partial charge is 0.238 e. The molecular formula is C19H23ClN2O2. The molecule has 0 fully saturated rings. The van der Waals surface area contributed by atoms with E-state index in [1.807, 2.05) is 49.1 Å². The normalized spacial score (nSPS) is 12.2. The molecule has 2 rings (SSSR count). The minimum atomic E-state index is -0.853. The molecule has 5 heteroatoms. The van der Waals surface area contributed by atoms with E-state index in [2.05, 4.69) is 5.32 Å². The van der Waals surface area contributed by atoms with Gasteiger partial charge < -0.3 is 10.4 Å². The fraction of sp³-hybridized carbons (Fsp3) is 0.316. The average Bonchev–Trinajstić information content (AvgIpc) is 2.61. The molecule has 24 heavy (non-hydrogen) atoms. The Bertz CT molecular complexity index is 672. The maximum Gasteiger partial charge on any atom is 0.238 e. The predicted octanol–water partition coefficient (Wildman–Crippen LogP) is 3.70. The summed E-state index contributed by atoms with van der Waals surface area (Å²) in [7, 11) is 0. The van der Waals surface area contributed by atoms with Crippen molar-refractivity contribution in [3.8, 4) is 0 Å². The van der Waals surface area contributed by atoms with Crippen molar-refractivity contribution in [2.45, 2.75) is 20.0 Å². The monoisotopic (exact) mass is 346 g/mol. The van der Waals surface area contributed by atoms with Crippen LogP contribution in [0.25, 0.3) is 0 Å². The Morgan fingerprint density at radius 2 is 1.83 bits per heavy atom. The topological polar surface area (TPSA) is 52.6 Å². The van der Waals surface area contributed by atoms with Crippen molar-refractivity contribution in [1.82, 2.24) is 4.90 Å². The number of benzene rings is 2. The highest BCUT2D eigenvalue weighted by atomic mass is 35.5. The van der Waals surface area contributed by atoms with Gasteiger partial charge in [0.2, 0.25) is 5.91 Å². The third kappa shape index (κ3) is 4.81. The molecule has 0 saturated carbocycles. The number of nitrogens with one attached hydrogen (secondary N) is 1. The third-order valence-electron chi connectivity index (χ3n) is 3.96. The first kappa shape index (κ1) is 18.5. The highest BCUT2D eigenvalue weighted by Gasteiger charge is 2.17. The maximum absolute atomic E-state index is 12.3. The molecule has 2 aromatic carbocycles. The lowest BCUT2D eigenvalue weighted by Gasteiger charge is -2.20. The van der Waals surface area contributed by atoms with E-state index in [0.29, 0.717) is 22.8 Å². The van der Waals surface area contributed by atoms with Crippen LogP contribution >= 0.6 is 11.6 Å². The van der Waals surface area contributed by atoms with Crippen LogP contribution in [0.4, 0.5) is 5.69 Å². The molecule has 0 spiro atoms. The number of aliphatic hydroxyl groups excluding tert-OH is 1. The molecule has 0 aromatic heterocycles. The molecule has 0 saturated heterocycles. The molecule has 0 radical (unpaired) electrons. The van der Waals surface area contributed by atoms with Crippen LogP contribution in [-0.2, 0) is 4.79 Å². The zero-order chi connectivity index (χ0) is 17.5. The number of aliphatic hydroxyl groups is 1. The van der Waals surface area contributed by atoms with Crippen LogP contribution in [-0.4, -0.2) is 35.5 Å². The fourth-order valence-corrected chi connectivity index (χ4v) is 2.71. The molecule has 4 nitrogen and oxygen atoms in total. The minimum absolute atomic E-state index is 0.109. The van der Waals surface area contributed by atoms with E-state index in [1.54, 1.807) is 18.2 Å². The van der Waals surface area contributed by atoms with Gasteiger partial charge in [-0.25, -0.2) is 0 Å². The lowest BCUT2D eigenvalue weighted by Crippen LogP contribution is -2.33. The molecule has 1 atom stereocenters. The van der Waals surface area contributed by atoms with Crippen molar-refractivity contribution < 1.29 is 9.90 Å². The van der Waals surface area contributed by atoms with Crippen molar-refractivity contribution in [3.63, 3.8) is 0 Å². The van der Waals surface area contributed by atoms with Crippen molar-refractivity contribution in [1.29, 1.82) is 0 Å². The number of amides is 1. The molecule has 0 aliphatic heterocycles. The van der Waals surface area contributed by atoms with Gasteiger partial charge in [-0.15, -0.1) is 0 Å². The van der Waals surface area contributed by atoms with E-state index >= 15 is 0 Å². The molecule has 0 bridgehead atoms. The Kier molecular flexibility index (Phi) is 6.79. The standard InChI is InChI=1S/C19H23ClN2O2/c1-3-22(4-2)13-18(23)21-17-11-10-15(20)12-16(17)19(24)14-8-6-5-7-9-14/h5-12,19,24H,3-4,13H2,1-2H3,(H,21,23)/t19-/m0/s1. The van der Waals surface area contributed by atoms with Crippen LogP contribution in [0, 0.1) is 0 Å². The zero-order valence-corrected chi connectivity index (χ0v) is 14.8. The second-order valence-corrected chi connectivity index (χ2v) is 5.99. The summed E-state index contributed by atoms with van der Waals surface area (Å²) in [6, 6.07) is 14.4. The number of carbonyl (C=O) groups excluding carboxylic acids is 1. The second-order valence-electron chi connectivity index (χ2n) is 5.55. The van der Waals surface area contributed by atoms with Gasteiger partial charge >= 0.3 is 0 Å². The molecule has 128 valence electrons. The first-order valence-corrected chi connectivity index (χ1v) is 8.47. The first-order valence-electron chi connectivity index (χ1n) is 8.09. The van der Waals surface area contributed by atoms with Crippen molar-refractivity contribution in [2.24, 2.45) is 0 Å². The van der Waals surface area contributed by atoms with Crippen LogP contribution in [0.2, 0.25) is 5.02 Å². The molecule has 2 N–H and O–H groups in total. The van der Waals surface area contributed by atoms with Gasteiger partial charge in [0.15, 0.2) is 0 Å². The number of rotatable bonds is 7. The van der Waals surface area contributed by atoms with E-state index in [4.69, 9.17) is 11.6 Å². The molecule has 0 heterocycles. The Labute approximate surface area is 148 Å². The molecule has 1 amide bonds. The molecule has 0 unspecified atom stereocenters. The van der Waals surface area contributed by atoms with Crippen LogP contribution in [0.3, 0.4) is 0 Å². The second kappa shape index (κ2) is 8.83. The van der Waals surface area contributed by atoms with Crippen molar-refractivity contribution in [2.75, 3.05) is 25.0 Å². The number of hydrogen-bond donors (Lipinski definition) is 2. The van der Waals surface area contributed by atoms with E-state index in [0.717, 1.165) is 18.7 Å². The van der Waals surface area contributed by atoms with Crippen LogP contribution < -0.4 is 5.32 Å². The minimum Gasteiger partial charge on any atom is -0.384 e. The summed E-state index contributed by atoms with van der Waals surface area (Å²) in [6.45, 7) is 5.97. The largest absolute Gasteiger partial charge is 0.384 e. The zero-order valence-electron chi connectivity index (χ0n) is 14.0. The van der Waals surface area contributed by atoms with Gasteiger partial charge in [-0.3, -0.25) is 9.69 Å². The highest BCUT2D eigenvalue weighted by molar-refractivity contribution is 6.30. The molecule has 0 aliphatic rings. The van der Waals surface area contributed by atoms with Gasteiger partial charge in [0, 0.05) is 16.3 Å².